The van der Waals surface area contributed by atoms with Crippen molar-refractivity contribution in [2.45, 2.75) is 37.8 Å². The number of nitrogens with zero attached hydrogens (tertiary/aromatic N) is 1. The zero-order valence-corrected chi connectivity index (χ0v) is 14.5. The number of carboxylic acids is 1. The Labute approximate surface area is 152 Å². The van der Waals surface area contributed by atoms with Gasteiger partial charge in [-0.3, -0.25) is 4.79 Å². The average molecular weight is 347 g/mol. The third kappa shape index (κ3) is 2.71. The summed E-state index contributed by atoms with van der Waals surface area (Å²) in [5.74, 6) is -0.988. The van der Waals surface area contributed by atoms with Crippen LogP contribution in [0.5, 0.6) is 0 Å². The Bertz CT molecular complexity index is 886. The summed E-state index contributed by atoms with van der Waals surface area (Å²) in [6.45, 7) is 4.11. The van der Waals surface area contributed by atoms with Crippen LogP contribution < -0.4 is 0 Å². The molecule has 26 heavy (non-hydrogen) atoms. The first-order chi connectivity index (χ1) is 12.6. The van der Waals surface area contributed by atoms with Gasteiger partial charge >= 0.3 is 5.97 Å². The molecule has 0 saturated carbocycles. The van der Waals surface area contributed by atoms with Crippen molar-refractivity contribution < 1.29 is 14.7 Å². The number of hydrogen-bond acceptors (Lipinski definition) is 2. The number of carbonyl (C=O) groups is 2. The molecule has 1 amide bonds. The molecule has 4 nitrogen and oxygen atoms in total. The molecule has 4 rings (SSSR count). The summed E-state index contributed by atoms with van der Waals surface area (Å²) in [4.78, 5) is 27.0. The van der Waals surface area contributed by atoms with E-state index in [1.807, 2.05) is 23.1 Å². The second-order valence-corrected chi connectivity index (χ2v) is 7.15. The number of benzene rings is 2. The summed E-state index contributed by atoms with van der Waals surface area (Å²) >= 11 is 0. The molecule has 4 heteroatoms. The molecule has 0 aliphatic carbocycles. The summed E-state index contributed by atoms with van der Waals surface area (Å²) in [6.07, 6.45) is 3.78. The third-order valence-corrected chi connectivity index (χ3v) is 5.51. The number of hydrogen-bond donors (Lipinski definition) is 1. The molecule has 0 spiro atoms. The lowest BCUT2D eigenvalue weighted by Crippen LogP contribution is -2.44. The van der Waals surface area contributed by atoms with Crippen LogP contribution in [0.25, 0.3) is 11.1 Å². The van der Waals surface area contributed by atoms with E-state index < -0.39 is 5.97 Å². The van der Waals surface area contributed by atoms with Crippen LogP contribution in [0.15, 0.2) is 60.7 Å². The first-order valence-corrected chi connectivity index (χ1v) is 8.97. The van der Waals surface area contributed by atoms with Crippen LogP contribution in [-0.2, 0) is 0 Å². The maximum absolute atomic E-state index is 13.4. The highest BCUT2D eigenvalue weighted by molar-refractivity contribution is 6.05. The summed E-state index contributed by atoms with van der Waals surface area (Å²) in [5.41, 5.74) is 3.27. The Balaban J connectivity index is 1.77. The lowest BCUT2D eigenvalue weighted by Gasteiger charge is -2.36. The van der Waals surface area contributed by atoms with Crippen molar-refractivity contribution in [3.05, 3.63) is 71.8 Å². The van der Waals surface area contributed by atoms with Gasteiger partial charge in [-0.15, -0.1) is 0 Å². The minimum Gasteiger partial charge on any atom is -0.478 e. The molecule has 1 N–H and O–H groups in total. The minimum absolute atomic E-state index is 0.000733. The smallest absolute Gasteiger partial charge is 0.336 e. The molecule has 2 fully saturated rings. The van der Waals surface area contributed by atoms with Crippen LogP contribution in [0.1, 0.15) is 46.4 Å². The molecule has 2 heterocycles. The van der Waals surface area contributed by atoms with E-state index in [0.29, 0.717) is 16.7 Å². The maximum atomic E-state index is 13.4. The monoisotopic (exact) mass is 347 g/mol. The lowest BCUT2D eigenvalue weighted by atomic mass is 9.92. The molecule has 2 saturated heterocycles. The van der Waals surface area contributed by atoms with Crippen LogP contribution in [0, 0.1) is 0 Å². The van der Waals surface area contributed by atoms with Gasteiger partial charge < -0.3 is 10.0 Å². The molecular formula is C22H21NO3. The first kappa shape index (κ1) is 16.6. The van der Waals surface area contributed by atoms with Gasteiger partial charge in [0.2, 0.25) is 0 Å². The predicted molar refractivity (Wildman–Crippen MR) is 100 cm³/mol. The van der Waals surface area contributed by atoms with Gasteiger partial charge in [0.15, 0.2) is 0 Å². The fourth-order valence-electron chi connectivity index (χ4n) is 4.39. The Morgan fingerprint density at radius 1 is 0.885 bits per heavy atom. The third-order valence-electron chi connectivity index (χ3n) is 5.51. The highest BCUT2D eigenvalue weighted by Gasteiger charge is 2.41. The van der Waals surface area contributed by atoms with E-state index in [9.17, 15) is 14.7 Å². The standard InChI is InChI=1S/C22H21NO3/c1-14-12-15-10-11-16(13-14)23(15)21(24)19-8-4-2-6-17(19)18-7-3-5-9-20(18)22(25)26/h2-9,15-16H,1,10-13H2,(H,25,26). The zero-order valence-electron chi connectivity index (χ0n) is 14.5. The number of aromatic carboxylic acids is 1. The van der Waals surface area contributed by atoms with E-state index in [-0.39, 0.29) is 23.6 Å². The highest BCUT2D eigenvalue weighted by Crippen LogP contribution is 2.39. The lowest BCUT2D eigenvalue weighted by molar-refractivity contribution is 0.0633. The summed E-state index contributed by atoms with van der Waals surface area (Å²) < 4.78 is 0. The molecule has 2 unspecified atom stereocenters. The van der Waals surface area contributed by atoms with Gasteiger partial charge in [-0.05, 0) is 48.9 Å². The Kier molecular flexibility index (Phi) is 4.11. The summed E-state index contributed by atoms with van der Waals surface area (Å²) in [7, 11) is 0. The van der Waals surface area contributed by atoms with Crippen molar-refractivity contribution in [3.8, 4) is 11.1 Å². The van der Waals surface area contributed by atoms with Crippen LogP contribution in [0.4, 0.5) is 0 Å². The number of rotatable bonds is 3. The first-order valence-electron chi connectivity index (χ1n) is 8.97. The second kappa shape index (κ2) is 6.45. The number of amides is 1. The van der Waals surface area contributed by atoms with E-state index in [4.69, 9.17) is 0 Å². The fraction of sp³-hybridized carbons (Fsp3) is 0.273. The molecule has 0 radical (unpaired) electrons. The molecule has 0 aromatic heterocycles. The molecule has 2 aliphatic rings. The van der Waals surface area contributed by atoms with Gasteiger partial charge in [0.05, 0.1) is 5.56 Å². The predicted octanol–water partition coefficient (Wildman–Crippen LogP) is 4.38. The van der Waals surface area contributed by atoms with Gasteiger partial charge in [-0.1, -0.05) is 48.6 Å². The van der Waals surface area contributed by atoms with E-state index in [0.717, 1.165) is 25.7 Å². The number of fused-ring (bicyclic) bond motifs is 2. The Morgan fingerprint density at radius 3 is 1.96 bits per heavy atom. The van der Waals surface area contributed by atoms with E-state index in [1.165, 1.54) is 5.57 Å². The van der Waals surface area contributed by atoms with Crippen molar-refractivity contribution in [1.29, 1.82) is 0 Å². The number of carbonyl (C=O) groups excluding carboxylic acids is 1. The normalized spacial score (nSPS) is 21.7. The Morgan fingerprint density at radius 2 is 1.38 bits per heavy atom. The molecule has 2 bridgehead atoms. The summed E-state index contributed by atoms with van der Waals surface area (Å²) in [6, 6.07) is 14.6. The van der Waals surface area contributed by atoms with Crippen molar-refractivity contribution in [2.75, 3.05) is 0 Å². The van der Waals surface area contributed by atoms with E-state index in [1.54, 1.807) is 30.3 Å². The maximum Gasteiger partial charge on any atom is 0.336 e. The van der Waals surface area contributed by atoms with E-state index >= 15 is 0 Å². The van der Waals surface area contributed by atoms with Gasteiger partial charge in [-0.25, -0.2) is 4.79 Å². The molecule has 132 valence electrons. The topological polar surface area (TPSA) is 57.6 Å². The van der Waals surface area contributed by atoms with Crippen molar-refractivity contribution in [1.82, 2.24) is 4.90 Å². The van der Waals surface area contributed by atoms with Gasteiger partial charge in [0.25, 0.3) is 5.91 Å². The SMILES string of the molecule is C=C1CC2CCC(C1)N2C(=O)c1ccccc1-c1ccccc1C(=O)O. The van der Waals surface area contributed by atoms with Crippen molar-refractivity contribution in [2.24, 2.45) is 0 Å². The second-order valence-electron chi connectivity index (χ2n) is 7.15. The van der Waals surface area contributed by atoms with Gasteiger partial charge in [-0.2, -0.15) is 0 Å². The van der Waals surface area contributed by atoms with Crippen LogP contribution >= 0.6 is 0 Å². The van der Waals surface area contributed by atoms with Gasteiger partial charge in [0, 0.05) is 17.6 Å². The quantitative estimate of drug-likeness (QED) is 0.839. The van der Waals surface area contributed by atoms with Crippen molar-refractivity contribution >= 4 is 11.9 Å². The van der Waals surface area contributed by atoms with Crippen LogP contribution in [0.3, 0.4) is 0 Å². The van der Waals surface area contributed by atoms with Crippen molar-refractivity contribution in [3.63, 3.8) is 0 Å². The highest BCUT2D eigenvalue weighted by atomic mass is 16.4. The molecule has 2 aromatic rings. The average Bonchev–Trinajstić information content (AvgIpc) is 2.92. The molecule has 2 aromatic carbocycles. The largest absolute Gasteiger partial charge is 0.478 e. The number of piperidine rings is 1. The molecule has 2 aliphatic heterocycles. The van der Waals surface area contributed by atoms with E-state index in [2.05, 4.69) is 6.58 Å². The minimum atomic E-state index is -0.989. The number of carboxylic acid groups (broad SMARTS) is 1. The van der Waals surface area contributed by atoms with Gasteiger partial charge in [0.1, 0.15) is 0 Å². The fourth-order valence-corrected chi connectivity index (χ4v) is 4.39. The molecular weight excluding hydrogens is 326 g/mol. The zero-order chi connectivity index (χ0) is 18.3. The molecule has 2 atom stereocenters. The summed E-state index contributed by atoms with van der Waals surface area (Å²) in [5, 5.41) is 9.52. The van der Waals surface area contributed by atoms with Crippen LogP contribution in [-0.4, -0.2) is 34.0 Å². The Hall–Kier alpha value is -2.88. The van der Waals surface area contributed by atoms with Crippen LogP contribution in [0.2, 0.25) is 0 Å².